The average molecular weight is 242 g/mol. The topological polar surface area (TPSA) is 88.0 Å². The third kappa shape index (κ3) is 1.93. The third-order valence-electron chi connectivity index (χ3n) is 2.55. The van der Waals surface area contributed by atoms with E-state index in [1.807, 2.05) is 28.9 Å². The Morgan fingerprint density at radius 3 is 3.17 bits per heavy atom. The smallest absolute Gasteiger partial charge is 0.288 e. The predicted molar refractivity (Wildman–Crippen MR) is 62.7 cm³/mol. The largest absolute Gasteiger partial charge is 0.345 e. The molecule has 7 heteroatoms. The first-order valence-corrected chi connectivity index (χ1v) is 5.38. The van der Waals surface area contributed by atoms with Crippen LogP contribution in [0.3, 0.4) is 0 Å². The minimum Gasteiger partial charge on any atom is -0.345 e. The van der Waals surface area contributed by atoms with Gasteiger partial charge >= 0.3 is 0 Å². The number of fused-ring (bicyclic) bond motifs is 1. The number of imidazole rings is 1. The first-order chi connectivity index (χ1) is 8.83. The summed E-state index contributed by atoms with van der Waals surface area (Å²) >= 11 is 0. The number of hydrogen-bond acceptors (Lipinski definition) is 4. The molecule has 1 amide bonds. The normalized spacial score (nSPS) is 10.7. The zero-order valence-corrected chi connectivity index (χ0v) is 9.37. The molecular formula is C11H10N6O. The Morgan fingerprint density at radius 1 is 1.39 bits per heavy atom. The van der Waals surface area contributed by atoms with Crippen LogP contribution in [0.2, 0.25) is 0 Å². The Bertz CT molecular complexity index is 672. The highest BCUT2D eigenvalue weighted by molar-refractivity contribution is 5.90. The molecule has 0 radical (unpaired) electrons. The molecule has 7 nitrogen and oxygen atoms in total. The van der Waals surface area contributed by atoms with E-state index in [9.17, 15) is 4.79 Å². The van der Waals surface area contributed by atoms with Gasteiger partial charge in [0.25, 0.3) is 5.91 Å². The van der Waals surface area contributed by atoms with Gasteiger partial charge < -0.3 is 9.72 Å². The highest BCUT2D eigenvalue weighted by Crippen LogP contribution is 2.05. The molecular weight excluding hydrogens is 232 g/mol. The summed E-state index contributed by atoms with van der Waals surface area (Å²) in [7, 11) is 0. The van der Waals surface area contributed by atoms with Crippen LogP contribution in [0.1, 0.15) is 16.2 Å². The Hall–Kier alpha value is -2.70. The molecule has 3 rings (SSSR count). The van der Waals surface area contributed by atoms with Gasteiger partial charge in [0.15, 0.2) is 0 Å². The molecule has 0 aliphatic rings. The van der Waals surface area contributed by atoms with E-state index in [1.165, 1.54) is 6.33 Å². The first kappa shape index (κ1) is 10.5. The number of hydrogen-bond donors (Lipinski definition) is 2. The van der Waals surface area contributed by atoms with Gasteiger partial charge in [0.05, 0.1) is 0 Å². The summed E-state index contributed by atoms with van der Waals surface area (Å²) in [6.07, 6.45) is 6.79. The van der Waals surface area contributed by atoms with Gasteiger partial charge in [-0.2, -0.15) is 5.10 Å². The number of amides is 1. The van der Waals surface area contributed by atoms with Crippen molar-refractivity contribution in [2.24, 2.45) is 0 Å². The fourth-order valence-electron chi connectivity index (χ4n) is 1.64. The molecule has 0 saturated heterocycles. The summed E-state index contributed by atoms with van der Waals surface area (Å²) in [5, 5.41) is 8.88. The Morgan fingerprint density at radius 2 is 2.33 bits per heavy atom. The van der Waals surface area contributed by atoms with Crippen molar-refractivity contribution in [1.82, 2.24) is 29.9 Å². The summed E-state index contributed by atoms with van der Waals surface area (Å²) < 4.78 is 1.90. The van der Waals surface area contributed by atoms with E-state index in [1.54, 1.807) is 6.20 Å². The van der Waals surface area contributed by atoms with Crippen LogP contribution in [-0.2, 0) is 6.54 Å². The highest BCUT2D eigenvalue weighted by atomic mass is 16.2. The number of aromatic nitrogens is 5. The van der Waals surface area contributed by atoms with Crippen LogP contribution in [0.15, 0.2) is 37.1 Å². The second-order valence-corrected chi connectivity index (χ2v) is 3.74. The summed E-state index contributed by atoms with van der Waals surface area (Å²) in [4.78, 5) is 19.6. The van der Waals surface area contributed by atoms with Gasteiger partial charge in [0.1, 0.15) is 12.0 Å². The molecule has 0 fully saturated rings. The summed E-state index contributed by atoms with van der Waals surface area (Å²) in [6.45, 7) is 0.420. The molecule has 0 spiro atoms. The number of aromatic amines is 1. The van der Waals surface area contributed by atoms with Crippen LogP contribution in [-0.4, -0.2) is 30.5 Å². The molecule has 0 aromatic carbocycles. The van der Waals surface area contributed by atoms with Gasteiger partial charge in [-0.3, -0.25) is 9.89 Å². The van der Waals surface area contributed by atoms with E-state index in [-0.39, 0.29) is 11.7 Å². The number of pyridine rings is 1. The maximum Gasteiger partial charge on any atom is 0.288 e. The Labute approximate surface area is 102 Å². The number of H-pyrrole nitrogens is 1. The molecule has 0 atom stereocenters. The van der Waals surface area contributed by atoms with Crippen molar-refractivity contribution in [3.05, 3.63) is 48.4 Å². The van der Waals surface area contributed by atoms with Crippen molar-refractivity contribution in [2.75, 3.05) is 0 Å². The summed E-state index contributed by atoms with van der Waals surface area (Å²) in [5.41, 5.74) is 1.82. The van der Waals surface area contributed by atoms with E-state index >= 15 is 0 Å². The number of nitrogens with one attached hydrogen (secondary N) is 2. The Balaban J connectivity index is 1.71. The molecule has 3 aromatic rings. The van der Waals surface area contributed by atoms with Crippen LogP contribution < -0.4 is 5.32 Å². The quantitative estimate of drug-likeness (QED) is 0.695. The maximum atomic E-state index is 11.6. The highest BCUT2D eigenvalue weighted by Gasteiger charge is 2.07. The monoisotopic (exact) mass is 242 g/mol. The molecule has 90 valence electrons. The van der Waals surface area contributed by atoms with E-state index in [0.29, 0.717) is 6.54 Å². The van der Waals surface area contributed by atoms with Crippen molar-refractivity contribution >= 4 is 11.6 Å². The van der Waals surface area contributed by atoms with Crippen molar-refractivity contribution in [2.45, 2.75) is 6.54 Å². The van der Waals surface area contributed by atoms with Gasteiger partial charge in [0, 0.05) is 25.1 Å². The summed E-state index contributed by atoms with van der Waals surface area (Å²) in [5.74, 6) is -0.0763. The second kappa shape index (κ2) is 4.28. The third-order valence-corrected chi connectivity index (χ3v) is 2.55. The van der Waals surface area contributed by atoms with Gasteiger partial charge in [-0.05, 0) is 17.7 Å². The second-order valence-electron chi connectivity index (χ2n) is 3.74. The lowest BCUT2D eigenvalue weighted by atomic mass is 10.2. The fourth-order valence-corrected chi connectivity index (χ4v) is 1.64. The Kier molecular flexibility index (Phi) is 2.49. The molecule has 0 unspecified atom stereocenters. The molecule has 3 heterocycles. The lowest BCUT2D eigenvalue weighted by Gasteiger charge is -2.03. The standard InChI is InChI=1S/C11H10N6O/c18-11(10-14-7-15-16-10)13-6-8-1-3-17-4-2-12-9(17)5-8/h1-5,7H,6H2,(H,13,18)(H,14,15,16). The minimum atomic E-state index is -0.282. The van der Waals surface area contributed by atoms with Gasteiger partial charge in [-0.1, -0.05) is 0 Å². The molecule has 3 aromatic heterocycles. The van der Waals surface area contributed by atoms with Gasteiger partial charge in [0.2, 0.25) is 5.82 Å². The SMILES string of the molecule is O=C(NCc1ccn2ccnc2c1)c1ncn[nH]1. The molecule has 0 aliphatic carbocycles. The van der Waals surface area contributed by atoms with Crippen LogP contribution >= 0.6 is 0 Å². The number of nitrogens with zero attached hydrogens (tertiary/aromatic N) is 4. The van der Waals surface area contributed by atoms with Crippen molar-refractivity contribution in [3.63, 3.8) is 0 Å². The fraction of sp³-hybridized carbons (Fsp3) is 0.0909. The van der Waals surface area contributed by atoms with E-state index in [0.717, 1.165) is 11.2 Å². The average Bonchev–Trinajstić information content (AvgIpc) is 3.05. The minimum absolute atomic E-state index is 0.205. The number of rotatable bonds is 3. The molecule has 0 aliphatic heterocycles. The van der Waals surface area contributed by atoms with Crippen molar-refractivity contribution < 1.29 is 4.79 Å². The molecule has 18 heavy (non-hydrogen) atoms. The van der Waals surface area contributed by atoms with Crippen molar-refractivity contribution in [3.8, 4) is 0 Å². The van der Waals surface area contributed by atoms with Crippen LogP contribution in [0, 0.1) is 0 Å². The van der Waals surface area contributed by atoms with E-state index in [2.05, 4.69) is 25.5 Å². The number of carbonyl (C=O) groups excluding carboxylic acids is 1. The summed E-state index contributed by atoms with van der Waals surface area (Å²) in [6, 6.07) is 3.84. The molecule has 0 saturated carbocycles. The van der Waals surface area contributed by atoms with Crippen LogP contribution in [0.5, 0.6) is 0 Å². The maximum absolute atomic E-state index is 11.6. The predicted octanol–water partition coefficient (Wildman–Crippen LogP) is 0.382. The lowest BCUT2D eigenvalue weighted by Crippen LogP contribution is -2.24. The lowest BCUT2D eigenvalue weighted by molar-refractivity contribution is 0.0941. The van der Waals surface area contributed by atoms with E-state index < -0.39 is 0 Å². The van der Waals surface area contributed by atoms with E-state index in [4.69, 9.17) is 0 Å². The van der Waals surface area contributed by atoms with Crippen LogP contribution in [0.25, 0.3) is 5.65 Å². The number of carbonyl (C=O) groups is 1. The van der Waals surface area contributed by atoms with Crippen molar-refractivity contribution in [1.29, 1.82) is 0 Å². The zero-order chi connectivity index (χ0) is 12.4. The molecule has 0 bridgehead atoms. The van der Waals surface area contributed by atoms with Gasteiger partial charge in [-0.25, -0.2) is 9.97 Å². The first-order valence-electron chi connectivity index (χ1n) is 5.38. The van der Waals surface area contributed by atoms with Gasteiger partial charge in [-0.15, -0.1) is 0 Å². The van der Waals surface area contributed by atoms with Crippen LogP contribution in [0.4, 0.5) is 0 Å². The molecule has 2 N–H and O–H groups in total. The zero-order valence-electron chi connectivity index (χ0n) is 9.37.